The lowest BCUT2D eigenvalue weighted by Gasteiger charge is -2.32. The Morgan fingerprint density at radius 3 is 1.72 bits per heavy atom. The van der Waals surface area contributed by atoms with Gasteiger partial charge in [0.2, 0.25) is 17.7 Å². The summed E-state index contributed by atoms with van der Waals surface area (Å²) >= 11 is 0. The lowest BCUT2D eigenvalue weighted by molar-refractivity contribution is -0.144. The van der Waals surface area contributed by atoms with Crippen molar-refractivity contribution in [3.8, 4) is 33.6 Å². The fourth-order valence-corrected chi connectivity index (χ4v) is 6.49. The Hall–Kier alpha value is -4.73. The van der Waals surface area contributed by atoms with Crippen molar-refractivity contribution in [3.63, 3.8) is 0 Å². The monoisotopic (exact) mass is 576 g/mol. The first-order valence-corrected chi connectivity index (χ1v) is 15.0. The fourth-order valence-electron chi connectivity index (χ4n) is 6.49. The Morgan fingerprint density at radius 2 is 1.23 bits per heavy atom. The topological polar surface area (TPSA) is 127 Å². The molecule has 0 spiro atoms. The van der Waals surface area contributed by atoms with E-state index < -0.39 is 6.04 Å². The van der Waals surface area contributed by atoms with Crippen LogP contribution in [0.3, 0.4) is 0 Å². The Kier molecular flexibility index (Phi) is 7.04. The van der Waals surface area contributed by atoms with Crippen molar-refractivity contribution in [2.75, 3.05) is 13.1 Å². The van der Waals surface area contributed by atoms with Gasteiger partial charge in [0, 0.05) is 19.5 Å². The molecule has 0 saturated carbocycles. The molecular weight excluding hydrogens is 542 g/mol. The van der Waals surface area contributed by atoms with Crippen molar-refractivity contribution in [3.05, 3.63) is 79.0 Å². The summed E-state index contributed by atoms with van der Waals surface area (Å²) < 4.78 is 0. The maximum absolute atomic E-state index is 12.9. The van der Waals surface area contributed by atoms with Gasteiger partial charge in [-0.2, -0.15) is 0 Å². The normalized spacial score (nSPS) is 21.6. The number of hydrogen-bond donors (Lipinski definition) is 3. The number of hydrogen-bond acceptors (Lipinski definition) is 5. The Labute approximate surface area is 249 Å². The summed E-state index contributed by atoms with van der Waals surface area (Å²) in [4.78, 5) is 56.3. The zero-order valence-electron chi connectivity index (χ0n) is 24.0. The molecule has 7 rings (SSSR count). The van der Waals surface area contributed by atoms with Gasteiger partial charge in [-0.05, 0) is 47.9 Å². The number of benzene rings is 2. The molecule has 2 aromatic heterocycles. The third kappa shape index (κ3) is 5.11. The zero-order chi connectivity index (χ0) is 29.5. The van der Waals surface area contributed by atoms with E-state index in [0.717, 1.165) is 77.5 Å². The summed E-state index contributed by atoms with van der Waals surface area (Å²) in [6.07, 6.45) is 9.23. The molecule has 3 N–H and O–H groups in total. The predicted octanol–water partition coefficient (Wildman–Crippen LogP) is 4.57. The van der Waals surface area contributed by atoms with Crippen LogP contribution in [0.2, 0.25) is 0 Å². The number of nitrogens with one attached hydrogen (secondary N) is 3. The molecule has 0 aliphatic carbocycles. The highest BCUT2D eigenvalue weighted by Crippen LogP contribution is 2.34. The minimum absolute atomic E-state index is 0.00244. The van der Waals surface area contributed by atoms with Crippen LogP contribution < -0.4 is 5.32 Å². The van der Waals surface area contributed by atoms with Crippen LogP contribution in [0, 0.1) is 6.42 Å². The molecule has 3 aliphatic heterocycles. The third-order valence-corrected chi connectivity index (χ3v) is 8.89. The highest BCUT2D eigenvalue weighted by atomic mass is 16.2. The number of aromatic amines is 2. The van der Waals surface area contributed by atoms with E-state index in [0.29, 0.717) is 6.54 Å². The molecular formula is C33H34N7O3. The second-order valence-electron chi connectivity index (χ2n) is 11.5. The molecule has 4 aromatic rings. The third-order valence-electron chi connectivity index (χ3n) is 8.89. The maximum atomic E-state index is 12.9. The highest BCUT2D eigenvalue weighted by molar-refractivity contribution is 5.97. The molecule has 0 bridgehead atoms. The molecule has 3 fully saturated rings. The van der Waals surface area contributed by atoms with Gasteiger partial charge < -0.3 is 25.1 Å². The molecule has 3 aliphatic rings. The number of nitrogens with zero attached hydrogens (tertiary/aromatic N) is 4. The molecule has 10 heteroatoms. The van der Waals surface area contributed by atoms with Crippen LogP contribution in [-0.2, 0) is 14.4 Å². The Morgan fingerprint density at radius 1 is 0.767 bits per heavy atom. The van der Waals surface area contributed by atoms with Crippen LogP contribution in [0.4, 0.5) is 0 Å². The number of H-pyrrole nitrogens is 2. The van der Waals surface area contributed by atoms with E-state index in [-0.39, 0.29) is 36.2 Å². The van der Waals surface area contributed by atoms with Gasteiger partial charge in [-0.15, -0.1) is 0 Å². The first-order valence-electron chi connectivity index (χ1n) is 15.0. The number of likely N-dealkylation sites (tertiary alicyclic amines) is 2. The van der Waals surface area contributed by atoms with Crippen molar-refractivity contribution < 1.29 is 14.4 Å². The van der Waals surface area contributed by atoms with Gasteiger partial charge in [-0.25, -0.2) is 9.97 Å². The molecule has 2 aromatic carbocycles. The van der Waals surface area contributed by atoms with Gasteiger partial charge in [0.15, 0.2) is 0 Å². The van der Waals surface area contributed by atoms with E-state index >= 15 is 0 Å². The van der Waals surface area contributed by atoms with Crippen LogP contribution >= 0.6 is 0 Å². The van der Waals surface area contributed by atoms with Crippen LogP contribution in [-0.4, -0.2) is 66.6 Å². The summed E-state index contributed by atoms with van der Waals surface area (Å²) in [5.41, 5.74) is 6.11. The molecule has 0 unspecified atom stereocenters. The van der Waals surface area contributed by atoms with Crippen molar-refractivity contribution >= 4 is 17.7 Å². The van der Waals surface area contributed by atoms with E-state index in [1.807, 2.05) is 22.2 Å². The van der Waals surface area contributed by atoms with Crippen molar-refractivity contribution in [1.29, 1.82) is 0 Å². The lowest BCUT2D eigenvalue weighted by atomic mass is 10.0. The zero-order valence-corrected chi connectivity index (χ0v) is 24.0. The van der Waals surface area contributed by atoms with Crippen molar-refractivity contribution in [1.82, 2.24) is 35.1 Å². The van der Waals surface area contributed by atoms with Gasteiger partial charge in [0.05, 0.1) is 42.3 Å². The molecule has 43 heavy (non-hydrogen) atoms. The number of carbonyl (C=O) groups is 3. The van der Waals surface area contributed by atoms with E-state index in [1.54, 1.807) is 13.3 Å². The second-order valence-corrected chi connectivity index (χ2v) is 11.5. The molecule has 10 nitrogen and oxygen atoms in total. The van der Waals surface area contributed by atoms with Gasteiger partial charge in [-0.1, -0.05) is 55.5 Å². The summed E-state index contributed by atoms with van der Waals surface area (Å²) in [7, 11) is 0. The van der Waals surface area contributed by atoms with Gasteiger partial charge in [0.25, 0.3) is 0 Å². The van der Waals surface area contributed by atoms with Gasteiger partial charge >= 0.3 is 0 Å². The maximum Gasteiger partial charge on any atom is 0.246 e. The molecule has 1 radical (unpaired) electrons. The number of amides is 3. The minimum atomic E-state index is -0.402. The van der Waals surface area contributed by atoms with Crippen LogP contribution in [0.25, 0.3) is 33.6 Å². The van der Waals surface area contributed by atoms with E-state index in [4.69, 9.17) is 0 Å². The highest BCUT2D eigenvalue weighted by Gasteiger charge is 2.40. The minimum Gasteiger partial charge on any atom is -0.344 e. The van der Waals surface area contributed by atoms with E-state index in [9.17, 15) is 14.4 Å². The van der Waals surface area contributed by atoms with Crippen molar-refractivity contribution in [2.45, 2.75) is 57.2 Å². The largest absolute Gasteiger partial charge is 0.344 e. The predicted molar refractivity (Wildman–Crippen MR) is 161 cm³/mol. The van der Waals surface area contributed by atoms with Crippen LogP contribution in [0.1, 0.15) is 62.8 Å². The van der Waals surface area contributed by atoms with Gasteiger partial charge in [0.1, 0.15) is 17.7 Å². The van der Waals surface area contributed by atoms with Crippen molar-refractivity contribution in [2.24, 2.45) is 0 Å². The summed E-state index contributed by atoms with van der Waals surface area (Å²) in [5, 5.41) is 2.69. The smallest absolute Gasteiger partial charge is 0.246 e. The van der Waals surface area contributed by atoms with Crippen LogP contribution in [0.5, 0.6) is 0 Å². The molecule has 5 heterocycles. The standard InChI is InChI=1S/C33H34N7O3/c1-2-30(42)39-15-3-5-27(39)31-34-18-25(37-31)22-11-7-20(8-12-22)21-9-13-23(14-10-21)26-19-35-32(38-26)28-6-4-16-40(28)33(43)24-17-29(41)36-24/h2,7-14,18-19,24,27-28H,3-6,15-17H2,1H3,(H,34,37)(H,35,38)(H,36,41)/t24-,27-,28-/m0/s1. The first-order chi connectivity index (χ1) is 21.0. The quantitative estimate of drug-likeness (QED) is 0.278. The summed E-state index contributed by atoms with van der Waals surface area (Å²) in [5.74, 6) is 1.58. The Bertz CT molecular complexity index is 1650. The number of aromatic nitrogens is 4. The van der Waals surface area contributed by atoms with E-state index in [2.05, 4.69) is 73.8 Å². The second kappa shape index (κ2) is 11.2. The summed E-state index contributed by atoms with van der Waals surface area (Å²) in [6.45, 7) is 3.23. The number of carbonyl (C=O) groups excluding carboxylic acids is 3. The van der Waals surface area contributed by atoms with Gasteiger partial charge in [-0.3, -0.25) is 14.4 Å². The molecule has 219 valence electrons. The number of β-lactam (4-membered cyclic amide) rings is 1. The number of imidazole rings is 2. The number of rotatable bonds is 7. The van der Waals surface area contributed by atoms with Crippen LogP contribution in [0.15, 0.2) is 60.9 Å². The fraction of sp³-hybridized carbons (Fsp3) is 0.333. The van der Waals surface area contributed by atoms with E-state index in [1.165, 1.54) is 0 Å². The molecule has 3 saturated heterocycles. The SMILES string of the molecule is C[CH]C(=O)N1CCC[C@H]1c1ncc(-c2ccc(-c3ccc(-c4cnc([C@@H]5CCCN5C(=O)[C@@H]5CC(=O)N5)[nH]4)cc3)cc2)[nH]1. The molecule has 3 atom stereocenters. The average Bonchev–Trinajstić information content (AvgIpc) is 3.85. The lowest BCUT2D eigenvalue weighted by Crippen LogP contribution is -2.57. The Balaban J connectivity index is 1.02. The first kappa shape index (κ1) is 27.1. The summed E-state index contributed by atoms with van der Waals surface area (Å²) in [6, 6.07) is 16.2. The average molecular weight is 577 g/mol. The molecule has 3 amide bonds.